The van der Waals surface area contributed by atoms with Crippen molar-refractivity contribution in [3.05, 3.63) is 93.7 Å². The third-order valence-corrected chi connectivity index (χ3v) is 5.09. The Balaban J connectivity index is 1.76. The molecule has 0 aliphatic rings. The molecule has 1 heterocycles. The van der Waals surface area contributed by atoms with E-state index in [0.717, 1.165) is 22.4 Å². The summed E-state index contributed by atoms with van der Waals surface area (Å²) in [6.45, 7) is 4.02. The quantitative estimate of drug-likeness (QED) is 0.419. The number of benzene rings is 3. The van der Waals surface area contributed by atoms with E-state index in [9.17, 15) is 4.79 Å². The molecule has 0 spiro atoms. The summed E-state index contributed by atoms with van der Waals surface area (Å²) in [7, 11) is 0. The number of aryl methyl sites for hydroxylation is 2. The van der Waals surface area contributed by atoms with Gasteiger partial charge in [-0.15, -0.1) is 5.10 Å². The van der Waals surface area contributed by atoms with Gasteiger partial charge >= 0.3 is 0 Å². The largest absolute Gasteiger partial charge is 0.318 e. The summed E-state index contributed by atoms with van der Waals surface area (Å²) < 4.78 is 1.67. The smallest absolute Gasteiger partial charge is 0.295 e. The molecule has 7 heteroatoms. The first-order valence-corrected chi connectivity index (χ1v) is 10.0. The molecule has 0 saturated heterocycles. The van der Waals surface area contributed by atoms with Gasteiger partial charge in [0.15, 0.2) is 5.82 Å². The minimum Gasteiger partial charge on any atom is -0.318 e. The highest BCUT2D eigenvalue weighted by Gasteiger charge is 2.20. The van der Waals surface area contributed by atoms with Crippen molar-refractivity contribution in [3.63, 3.8) is 0 Å². The van der Waals surface area contributed by atoms with Crippen molar-refractivity contribution < 1.29 is 4.79 Å². The third kappa shape index (κ3) is 4.22. The molecule has 4 rings (SSSR count). The van der Waals surface area contributed by atoms with E-state index in [1.807, 2.05) is 62.4 Å². The number of anilines is 1. The van der Waals surface area contributed by atoms with E-state index >= 15 is 0 Å². The SMILES string of the molecule is Cc1ccc(-n2nc(C(=O)Nc3ccc(Cl)cc3Cl)nc2-c2cccc(C)c2)cc1. The van der Waals surface area contributed by atoms with Gasteiger partial charge in [-0.2, -0.15) is 0 Å². The van der Waals surface area contributed by atoms with Crippen molar-refractivity contribution in [2.75, 3.05) is 5.32 Å². The van der Waals surface area contributed by atoms with Crippen molar-refractivity contribution in [1.82, 2.24) is 14.8 Å². The minimum absolute atomic E-state index is 0.0399. The highest BCUT2D eigenvalue weighted by atomic mass is 35.5. The van der Waals surface area contributed by atoms with Crippen LogP contribution in [0.2, 0.25) is 10.0 Å². The molecular formula is C23H18Cl2N4O. The average molecular weight is 437 g/mol. The van der Waals surface area contributed by atoms with Crippen molar-refractivity contribution >= 4 is 34.8 Å². The van der Waals surface area contributed by atoms with Gasteiger partial charge in [-0.25, -0.2) is 9.67 Å². The standard InChI is InChI=1S/C23H18Cl2N4O/c1-14-6-9-18(10-7-14)29-22(16-5-3-4-15(2)12-16)27-21(28-29)23(30)26-20-11-8-17(24)13-19(20)25/h3-13H,1-2H3,(H,26,30). The van der Waals surface area contributed by atoms with Crippen LogP contribution in [0.4, 0.5) is 5.69 Å². The van der Waals surface area contributed by atoms with Gasteiger partial charge in [-0.1, -0.05) is 64.7 Å². The molecule has 150 valence electrons. The summed E-state index contributed by atoms with van der Waals surface area (Å²) in [6, 6.07) is 20.6. The van der Waals surface area contributed by atoms with Crippen LogP contribution in [-0.4, -0.2) is 20.7 Å². The van der Waals surface area contributed by atoms with Crippen LogP contribution in [0.3, 0.4) is 0 Å². The molecule has 3 aromatic carbocycles. The second-order valence-corrected chi connectivity index (χ2v) is 7.80. The van der Waals surface area contributed by atoms with Crippen molar-refractivity contribution in [1.29, 1.82) is 0 Å². The average Bonchev–Trinajstić information content (AvgIpc) is 3.16. The number of aromatic nitrogens is 3. The van der Waals surface area contributed by atoms with E-state index in [-0.39, 0.29) is 5.82 Å². The van der Waals surface area contributed by atoms with Gasteiger partial charge in [0.25, 0.3) is 5.91 Å². The Morgan fingerprint density at radius 3 is 2.40 bits per heavy atom. The van der Waals surface area contributed by atoms with Crippen LogP contribution in [0, 0.1) is 13.8 Å². The van der Waals surface area contributed by atoms with Crippen LogP contribution < -0.4 is 5.32 Å². The molecule has 1 amide bonds. The number of hydrogen-bond acceptors (Lipinski definition) is 3. The Kier molecular flexibility index (Phi) is 5.57. The maximum absolute atomic E-state index is 12.9. The molecule has 0 bridgehead atoms. The van der Waals surface area contributed by atoms with E-state index in [4.69, 9.17) is 23.2 Å². The van der Waals surface area contributed by atoms with Crippen LogP contribution in [-0.2, 0) is 0 Å². The lowest BCUT2D eigenvalue weighted by Gasteiger charge is -2.07. The Hall–Kier alpha value is -3.15. The molecule has 30 heavy (non-hydrogen) atoms. The van der Waals surface area contributed by atoms with Gasteiger partial charge in [-0.05, 0) is 50.2 Å². The Labute approximate surface area is 184 Å². The first kappa shape index (κ1) is 20.1. The highest BCUT2D eigenvalue weighted by molar-refractivity contribution is 6.36. The number of amides is 1. The summed E-state index contributed by atoms with van der Waals surface area (Å²) in [5, 5.41) is 8.06. The topological polar surface area (TPSA) is 59.8 Å². The van der Waals surface area contributed by atoms with Crippen LogP contribution in [0.1, 0.15) is 21.7 Å². The summed E-state index contributed by atoms with van der Waals surface area (Å²) in [6.07, 6.45) is 0. The van der Waals surface area contributed by atoms with E-state index in [1.165, 1.54) is 0 Å². The predicted octanol–water partition coefficient (Wildman–Crippen LogP) is 6.11. The molecule has 0 radical (unpaired) electrons. The predicted molar refractivity (Wildman–Crippen MR) is 121 cm³/mol. The van der Waals surface area contributed by atoms with Gasteiger partial charge in [0.2, 0.25) is 5.82 Å². The normalized spacial score (nSPS) is 10.8. The lowest BCUT2D eigenvalue weighted by molar-refractivity contribution is 0.101. The molecule has 5 nitrogen and oxygen atoms in total. The van der Waals surface area contributed by atoms with E-state index in [2.05, 4.69) is 15.4 Å². The van der Waals surface area contributed by atoms with Gasteiger partial charge in [0, 0.05) is 10.6 Å². The zero-order chi connectivity index (χ0) is 21.3. The molecule has 0 aliphatic carbocycles. The number of rotatable bonds is 4. The number of carbonyl (C=O) groups is 1. The maximum Gasteiger partial charge on any atom is 0.295 e. The van der Waals surface area contributed by atoms with E-state index in [0.29, 0.717) is 21.6 Å². The van der Waals surface area contributed by atoms with Crippen LogP contribution in [0.25, 0.3) is 17.1 Å². The fraction of sp³-hybridized carbons (Fsp3) is 0.0870. The number of carbonyl (C=O) groups excluding carboxylic acids is 1. The Bertz CT molecular complexity index is 1230. The first-order chi connectivity index (χ1) is 14.4. The molecule has 1 aromatic heterocycles. The van der Waals surface area contributed by atoms with Gasteiger partial charge in [0.05, 0.1) is 16.4 Å². The second kappa shape index (κ2) is 8.30. The lowest BCUT2D eigenvalue weighted by atomic mass is 10.1. The Morgan fingerprint density at radius 1 is 0.933 bits per heavy atom. The summed E-state index contributed by atoms with van der Waals surface area (Å²) in [5.41, 5.74) is 4.34. The van der Waals surface area contributed by atoms with Crippen LogP contribution >= 0.6 is 23.2 Å². The monoisotopic (exact) mass is 436 g/mol. The molecule has 0 aliphatic heterocycles. The van der Waals surface area contributed by atoms with Gasteiger partial charge < -0.3 is 5.32 Å². The zero-order valence-electron chi connectivity index (χ0n) is 16.4. The van der Waals surface area contributed by atoms with Crippen molar-refractivity contribution in [3.8, 4) is 17.1 Å². The van der Waals surface area contributed by atoms with Crippen molar-refractivity contribution in [2.45, 2.75) is 13.8 Å². The molecule has 0 unspecified atom stereocenters. The summed E-state index contributed by atoms with van der Waals surface area (Å²) in [5.74, 6) is 0.159. The first-order valence-electron chi connectivity index (χ1n) is 9.28. The van der Waals surface area contributed by atoms with Crippen LogP contribution in [0.5, 0.6) is 0 Å². The zero-order valence-corrected chi connectivity index (χ0v) is 17.9. The fourth-order valence-corrected chi connectivity index (χ4v) is 3.47. The molecule has 4 aromatic rings. The number of nitrogens with zero attached hydrogens (tertiary/aromatic N) is 3. The van der Waals surface area contributed by atoms with Crippen LogP contribution in [0.15, 0.2) is 66.7 Å². The van der Waals surface area contributed by atoms with E-state index in [1.54, 1.807) is 22.9 Å². The highest BCUT2D eigenvalue weighted by Crippen LogP contribution is 2.27. The molecule has 0 fully saturated rings. The molecular weight excluding hydrogens is 419 g/mol. The fourth-order valence-electron chi connectivity index (χ4n) is 3.01. The maximum atomic E-state index is 12.9. The van der Waals surface area contributed by atoms with E-state index < -0.39 is 5.91 Å². The number of halogens is 2. The molecule has 0 saturated carbocycles. The number of nitrogens with one attached hydrogen (secondary N) is 1. The molecule has 0 atom stereocenters. The van der Waals surface area contributed by atoms with Gasteiger partial charge in [-0.3, -0.25) is 4.79 Å². The second-order valence-electron chi connectivity index (χ2n) is 6.95. The number of hydrogen-bond donors (Lipinski definition) is 1. The summed E-state index contributed by atoms with van der Waals surface area (Å²) >= 11 is 12.1. The van der Waals surface area contributed by atoms with Crippen molar-refractivity contribution in [2.24, 2.45) is 0 Å². The third-order valence-electron chi connectivity index (χ3n) is 4.54. The molecule has 1 N–H and O–H groups in total. The van der Waals surface area contributed by atoms with Gasteiger partial charge in [0.1, 0.15) is 0 Å². The lowest BCUT2D eigenvalue weighted by Crippen LogP contribution is -2.14. The minimum atomic E-state index is -0.459. The Morgan fingerprint density at radius 2 is 1.70 bits per heavy atom. The summed E-state index contributed by atoms with van der Waals surface area (Å²) in [4.78, 5) is 17.4.